The number of hydrogen-bond acceptors (Lipinski definition) is 5. The Morgan fingerprint density at radius 3 is 2.45 bits per heavy atom. The number of rotatable bonds is 4. The molecule has 7 heteroatoms. The van der Waals surface area contributed by atoms with Crippen LogP contribution in [0, 0.1) is 12.8 Å². The summed E-state index contributed by atoms with van der Waals surface area (Å²) in [5.74, 6) is 0.654. The number of aryl methyl sites for hydroxylation is 1. The van der Waals surface area contributed by atoms with Crippen LogP contribution in [0.5, 0.6) is 0 Å². The van der Waals surface area contributed by atoms with Gasteiger partial charge < -0.3 is 14.5 Å². The first kappa shape index (κ1) is 20.0. The molecule has 0 atom stereocenters. The van der Waals surface area contributed by atoms with Crippen molar-refractivity contribution in [2.75, 3.05) is 39.4 Å². The zero-order valence-corrected chi connectivity index (χ0v) is 17.6. The molecular weight excluding hydrogens is 386 g/mol. The smallest absolute Gasteiger partial charge is 0.265 e. The van der Waals surface area contributed by atoms with Crippen LogP contribution >= 0.6 is 11.3 Å². The van der Waals surface area contributed by atoms with E-state index < -0.39 is 0 Å². The zero-order chi connectivity index (χ0) is 20.2. The summed E-state index contributed by atoms with van der Waals surface area (Å²) < 4.78 is 5.32. The quantitative estimate of drug-likeness (QED) is 0.772. The van der Waals surface area contributed by atoms with E-state index in [4.69, 9.17) is 4.74 Å². The van der Waals surface area contributed by atoms with E-state index in [1.54, 1.807) is 0 Å². The molecule has 3 heterocycles. The Labute approximate surface area is 175 Å². The summed E-state index contributed by atoms with van der Waals surface area (Å²) in [5, 5.41) is 0.887. The molecule has 154 valence electrons. The van der Waals surface area contributed by atoms with E-state index in [0.29, 0.717) is 51.7 Å². The van der Waals surface area contributed by atoms with E-state index in [9.17, 15) is 9.59 Å². The Morgan fingerprint density at radius 1 is 1.07 bits per heavy atom. The lowest BCUT2D eigenvalue weighted by Crippen LogP contribution is -2.43. The molecule has 0 bridgehead atoms. The highest BCUT2D eigenvalue weighted by Crippen LogP contribution is 2.30. The molecule has 2 aliphatic rings. The number of nitrogens with zero attached hydrogens (tertiary/aromatic N) is 3. The van der Waals surface area contributed by atoms with Gasteiger partial charge in [0.05, 0.1) is 18.9 Å². The lowest BCUT2D eigenvalue weighted by atomic mass is 9.92. The maximum atomic E-state index is 13.0. The van der Waals surface area contributed by atoms with Gasteiger partial charge in [-0.1, -0.05) is 30.3 Å². The molecule has 0 aliphatic carbocycles. The van der Waals surface area contributed by atoms with Gasteiger partial charge >= 0.3 is 0 Å². The van der Waals surface area contributed by atoms with Gasteiger partial charge in [-0.25, -0.2) is 4.98 Å². The number of morpholine rings is 1. The molecule has 2 aliphatic heterocycles. The lowest BCUT2D eigenvalue weighted by Gasteiger charge is -2.33. The summed E-state index contributed by atoms with van der Waals surface area (Å²) in [4.78, 5) is 34.7. The van der Waals surface area contributed by atoms with Crippen molar-refractivity contribution in [2.45, 2.75) is 26.2 Å². The van der Waals surface area contributed by atoms with Crippen LogP contribution in [-0.4, -0.2) is 66.0 Å². The van der Waals surface area contributed by atoms with Crippen molar-refractivity contribution in [3.05, 3.63) is 40.9 Å². The largest absolute Gasteiger partial charge is 0.378 e. The summed E-state index contributed by atoms with van der Waals surface area (Å²) >= 11 is 1.47. The second-order valence-electron chi connectivity index (χ2n) is 7.73. The zero-order valence-electron chi connectivity index (χ0n) is 16.8. The van der Waals surface area contributed by atoms with Crippen molar-refractivity contribution in [2.24, 2.45) is 5.92 Å². The van der Waals surface area contributed by atoms with Crippen LogP contribution in [0.2, 0.25) is 0 Å². The maximum absolute atomic E-state index is 13.0. The maximum Gasteiger partial charge on any atom is 0.265 e. The first-order valence-corrected chi connectivity index (χ1v) is 11.1. The van der Waals surface area contributed by atoms with Gasteiger partial charge in [-0.15, -0.1) is 11.3 Å². The SMILES string of the molecule is Cc1nc(-c2ccccc2)sc1C(=O)N1CCC(CC(=O)N2CCOCC2)CC1. The molecule has 2 fully saturated rings. The van der Waals surface area contributed by atoms with Crippen molar-refractivity contribution >= 4 is 23.2 Å². The number of aromatic nitrogens is 1. The number of likely N-dealkylation sites (tertiary alicyclic amines) is 1. The third-order valence-electron chi connectivity index (χ3n) is 5.74. The Balaban J connectivity index is 1.33. The molecule has 2 saturated heterocycles. The van der Waals surface area contributed by atoms with Crippen LogP contribution in [0.3, 0.4) is 0 Å². The fourth-order valence-electron chi connectivity index (χ4n) is 3.97. The van der Waals surface area contributed by atoms with Crippen LogP contribution in [0.4, 0.5) is 0 Å². The molecule has 0 unspecified atom stereocenters. The van der Waals surface area contributed by atoms with Gasteiger partial charge in [-0.3, -0.25) is 9.59 Å². The first-order chi connectivity index (χ1) is 14.1. The number of benzene rings is 1. The predicted octanol–water partition coefficient (Wildman–Crippen LogP) is 3.22. The topological polar surface area (TPSA) is 62.7 Å². The van der Waals surface area contributed by atoms with Crippen LogP contribution in [0.25, 0.3) is 10.6 Å². The summed E-state index contributed by atoms with van der Waals surface area (Å²) in [7, 11) is 0. The Kier molecular flexibility index (Phi) is 6.25. The molecule has 2 amide bonds. The number of carbonyl (C=O) groups excluding carboxylic acids is 2. The molecule has 6 nitrogen and oxygen atoms in total. The van der Waals surface area contributed by atoms with Gasteiger partial charge in [0.1, 0.15) is 9.88 Å². The van der Waals surface area contributed by atoms with Crippen molar-refractivity contribution < 1.29 is 14.3 Å². The van der Waals surface area contributed by atoms with Gasteiger partial charge in [-0.05, 0) is 25.7 Å². The average molecular weight is 414 g/mol. The van der Waals surface area contributed by atoms with Gasteiger partial charge in [0, 0.05) is 38.2 Å². The molecule has 1 aromatic heterocycles. The summed E-state index contributed by atoms with van der Waals surface area (Å²) in [5.41, 5.74) is 1.84. The van der Waals surface area contributed by atoms with Crippen molar-refractivity contribution in [3.63, 3.8) is 0 Å². The normalized spacial score (nSPS) is 18.1. The number of thiazole rings is 1. The summed E-state index contributed by atoms with van der Waals surface area (Å²) in [6.07, 6.45) is 2.34. The van der Waals surface area contributed by atoms with E-state index in [0.717, 1.165) is 34.0 Å². The van der Waals surface area contributed by atoms with Crippen LogP contribution in [-0.2, 0) is 9.53 Å². The third kappa shape index (κ3) is 4.67. The molecule has 1 aromatic carbocycles. The van der Waals surface area contributed by atoms with Crippen LogP contribution < -0.4 is 0 Å². The lowest BCUT2D eigenvalue weighted by molar-refractivity contribution is -0.136. The van der Waals surface area contributed by atoms with E-state index in [2.05, 4.69) is 4.98 Å². The highest BCUT2D eigenvalue weighted by Gasteiger charge is 2.29. The van der Waals surface area contributed by atoms with E-state index in [1.807, 2.05) is 47.1 Å². The highest BCUT2D eigenvalue weighted by molar-refractivity contribution is 7.17. The Morgan fingerprint density at radius 2 is 1.76 bits per heavy atom. The molecule has 29 heavy (non-hydrogen) atoms. The minimum absolute atomic E-state index is 0.0696. The average Bonchev–Trinajstić information content (AvgIpc) is 3.16. The van der Waals surface area contributed by atoms with E-state index in [-0.39, 0.29) is 11.8 Å². The molecule has 0 saturated carbocycles. The molecule has 0 N–H and O–H groups in total. The van der Waals surface area contributed by atoms with Gasteiger partial charge in [0.25, 0.3) is 5.91 Å². The Hall–Kier alpha value is -2.25. The number of piperidine rings is 1. The monoisotopic (exact) mass is 413 g/mol. The standard InChI is InChI=1S/C22H27N3O3S/c1-16-20(29-21(23-16)18-5-3-2-4-6-18)22(27)25-9-7-17(8-10-25)15-19(26)24-11-13-28-14-12-24/h2-6,17H,7-15H2,1H3. The summed E-state index contributed by atoms with van der Waals surface area (Å²) in [6, 6.07) is 9.98. The van der Waals surface area contributed by atoms with Crippen LogP contribution in [0.1, 0.15) is 34.6 Å². The summed E-state index contributed by atoms with van der Waals surface area (Å²) in [6.45, 7) is 5.99. The number of hydrogen-bond donors (Lipinski definition) is 0. The highest BCUT2D eigenvalue weighted by atomic mass is 32.1. The van der Waals surface area contributed by atoms with Crippen molar-refractivity contribution in [3.8, 4) is 10.6 Å². The second kappa shape index (κ2) is 9.05. The third-order valence-corrected chi connectivity index (χ3v) is 6.93. The van der Waals surface area contributed by atoms with Gasteiger partial charge in [-0.2, -0.15) is 0 Å². The van der Waals surface area contributed by atoms with E-state index in [1.165, 1.54) is 11.3 Å². The minimum atomic E-state index is 0.0696. The molecule has 2 aromatic rings. The molecule has 0 spiro atoms. The first-order valence-electron chi connectivity index (χ1n) is 10.3. The second-order valence-corrected chi connectivity index (χ2v) is 8.73. The van der Waals surface area contributed by atoms with Gasteiger partial charge in [0.15, 0.2) is 0 Å². The predicted molar refractivity (Wildman–Crippen MR) is 113 cm³/mol. The Bertz CT molecular complexity index is 853. The minimum Gasteiger partial charge on any atom is -0.378 e. The number of ether oxygens (including phenoxy) is 1. The molecule has 4 rings (SSSR count). The molecular formula is C22H27N3O3S. The molecule has 0 radical (unpaired) electrons. The fourth-order valence-corrected chi connectivity index (χ4v) is 5.01. The van der Waals surface area contributed by atoms with Crippen molar-refractivity contribution in [1.82, 2.24) is 14.8 Å². The van der Waals surface area contributed by atoms with E-state index >= 15 is 0 Å². The number of carbonyl (C=O) groups is 2. The van der Waals surface area contributed by atoms with Gasteiger partial charge in [0.2, 0.25) is 5.91 Å². The van der Waals surface area contributed by atoms with Crippen LogP contribution in [0.15, 0.2) is 30.3 Å². The van der Waals surface area contributed by atoms with Crippen molar-refractivity contribution in [1.29, 1.82) is 0 Å². The number of amides is 2. The fraction of sp³-hybridized carbons (Fsp3) is 0.500.